The summed E-state index contributed by atoms with van der Waals surface area (Å²) in [7, 11) is 1.25. The topological polar surface area (TPSA) is 65.6 Å². The van der Waals surface area contributed by atoms with Crippen molar-refractivity contribution >= 4 is 23.1 Å². The molecule has 0 saturated heterocycles. The summed E-state index contributed by atoms with van der Waals surface area (Å²) in [5.74, 6) is -0.504. The van der Waals surface area contributed by atoms with E-state index in [0.29, 0.717) is 17.1 Å². The number of benzene rings is 1. The Morgan fingerprint density at radius 1 is 1.38 bits per heavy atom. The van der Waals surface area contributed by atoms with Crippen LogP contribution in [0.1, 0.15) is 5.82 Å². The number of esters is 1. The minimum Gasteiger partial charge on any atom is -0.468 e. The first-order valence-corrected chi connectivity index (χ1v) is 7.40. The SMILES string of the molecule is COC(=O)Cn1ccn2c(C)nc(-c3ccc(F)c(Cl)c3)c2c1=O. The van der Waals surface area contributed by atoms with Crippen molar-refractivity contribution in [2.45, 2.75) is 13.5 Å². The van der Waals surface area contributed by atoms with Crippen molar-refractivity contribution in [2.24, 2.45) is 0 Å². The number of hydrogen-bond donors (Lipinski definition) is 0. The maximum absolute atomic E-state index is 13.4. The van der Waals surface area contributed by atoms with Gasteiger partial charge in [-0.1, -0.05) is 11.6 Å². The van der Waals surface area contributed by atoms with Gasteiger partial charge in [0.2, 0.25) is 0 Å². The van der Waals surface area contributed by atoms with Gasteiger partial charge >= 0.3 is 5.97 Å². The van der Waals surface area contributed by atoms with E-state index in [1.165, 1.54) is 36.1 Å². The predicted octanol–water partition coefficient (Wildman–Crippen LogP) is 2.44. The number of hydrogen-bond acceptors (Lipinski definition) is 4. The number of nitrogens with zero attached hydrogens (tertiary/aromatic N) is 3. The number of aryl methyl sites for hydroxylation is 1. The lowest BCUT2D eigenvalue weighted by Crippen LogP contribution is -2.25. The van der Waals surface area contributed by atoms with E-state index in [9.17, 15) is 14.0 Å². The second kappa shape index (κ2) is 6.09. The Bertz CT molecular complexity index is 1010. The summed E-state index contributed by atoms with van der Waals surface area (Å²) in [5.41, 5.74) is 0.763. The molecule has 0 fully saturated rings. The second-order valence-corrected chi connectivity index (χ2v) is 5.57. The van der Waals surface area contributed by atoms with Gasteiger partial charge in [0.05, 0.1) is 12.1 Å². The highest BCUT2D eigenvalue weighted by atomic mass is 35.5. The van der Waals surface area contributed by atoms with Crippen molar-refractivity contribution in [3.8, 4) is 11.3 Å². The zero-order chi connectivity index (χ0) is 17.4. The Morgan fingerprint density at radius 2 is 2.12 bits per heavy atom. The Hall–Kier alpha value is -2.67. The van der Waals surface area contributed by atoms with Crippen molar-refractivity contribution in [1.82, 2.24) is 14.0 Å². The fourth-order valence-corrected chi connectivity index (χ4v) is 2.64. The number of fused-ring (bicyclic) bond motifs is 1. The second-order valence-electron chi connectivity index (χ2n) is 5.16. The number of carbonyl (C=O) groups is 1. The molecule has 0 aliphatic heterocycles. The molecule has 2 heterocycles. The van der Waals surface area contributed by atoms with Gasteiger partial charge in [-0.3, -0.25) is 14.0 Å². The first kappa shape index (κ1) is 16.2. The lowest BCUT2D eigenvalue weighted by atomic mass is 10.1. The number of carbonyl (C=O) groups excluding carboxylic acids is 1. The summed E-state index contributed by atoms with van der Waals surface area (Å²) in [6.07, 6.45) is 3.12. The monoisotopic (exact) mass is 349 g/mol. The summed E-state index contributed by atoms with van der Waals surface area (Å²) in [5, 5.41) is -0.0582. The third-order valence-corrected chi connectivity index (χ3v) is 3.96. The molecule has 0 saturated carbocycles. The first-order valence-electron chi connectivity index (χ1n) is 7.02. The zero-order valence-corrected chi connectivity index (χ0v) is 13.7. The van der Waals surface area contributed by atoms with E-state index >= 15 is 0 Å². The molecule has 124 valence electrons. The maximum Gasteiger partial charge on any atom is 0.325 e. The highest BCUT2D eigenvalue weighted by Crippen LogP contribution is 2.26. The molecule has 0 N–H and O–H groups in total. The van der Waals surface area contributed by atoms with Crippen LogP contribution in [0, 0.1) is 12.7 Å². The summed E-state index contributed by atoms with van der Waals surface area (Å²) in [6.45, 7) is 1.53. The van der Waals surface area contributed by atoms with Crippen LogP contribution in [0.4, 0.5) is 4.39 Å². The summed E-state index contributed by atoms with van der Waals surface area (Å²) in [6, 6.07) is 4.13. The van der Waals surface area contributed by atoms with Crippen LogP contribution in [-0.4, -0.2) is 27.0 Å². The number of aromatic nitrogens is 3. The van der Waals surface area contributed by atoms with Gasteiger partial charge in [0.1, 0.15) is 29.4 Å². The fraction of sp³-hybridized carbons (Fsp3) is 0.188. The molecule has 24 heavy (non-hydrogen) atoms. The molecule has 0 aliphatic carbocycles. The van der Waals surface area contributed by atoms with Crippen LogP contribution in [0.2, 0.25) is 5.02 Å². The Balaban J connectivity index is 2.25. The molecule has 0 aliphatic rings. The van der Waals surface area contributed by atoms with E-state index in [4.69, 9.17) is 11.6 Å². The quantitative estimate of drug-likeness (QED) is 0.681. The normalized spacial score (nSPS) is 11.0. The molecule has 0 bridgehead atoms. The lowest BCUT2D eigenvalue weighted by Gasteiger charge is -2.06. The van der Waals surface area contributed by atoms with Crippen molar-refractivity contribution < 1.29 is 13.9 Å². The molecule has 0 radical (unpaired) electrons. The summed E-state index contributed by atoms with van der Waals surface area (Å²) >= 11 is 5.83. The fourth-order valence-electron chi connectivity index (χ4n) is 2.45. The van der Waals surface area contributed by atoms with Gasteiger partial charge in [0, 0.05) is 18.0 Å². The van der Waals surface area contributed by atoms with E-state index in [1.54, 1.807) is 17.5 Å². The molecule has 0 spiro atoms. The van der Waals surface area contributed by atoms with Crippen LogP contribution in [0.3, 0.4) is 0 Å². The van der Waals surface area contributed by atoms with Crippen LogP contribution in [-0.2, 0) is 16.1 Å². The van der Waals surface area contributed by atoms with Crippen molar-refractivity contribution in [3.05, 3.63) is 57.6 Å². The van der Waals surface area contributed by atoms with Gasteiger partial charge < -0.3 is 9.30 Å². The molecule has 8 heteroatoms. The summed E-state index contributed by atoms with van der Waals surface area (Å²) in [4.78, 5) is 28.6. The van der Waals surface area contributed by atoms with Gasteiger partial charge in [-0.2, -0.15) is 0 Å². The van der Waals surface area contributed by atoms with Crippen molar-refractivity contribution in [1.29, 1.82) is 0 Å². The third-order valence-electron chi connectivity index (χ3n) is 3.67. The number of halogens is 2. The number of imidazole rings is 1. The van der Waals surface area contributed by atoms with E-state index < -0.39 is 17.3 Å². The Morgan fingerprint density at radius 3 is 2.79 bits per heavy atom. The van der Waals surface area contributed by atoms with Gasteiger partial charge in [0.25, 0.3) is 5.56 Å². The van der Waals surface area contributed by atoms with Crippen molar-refractivity contribution in [2.75, 3.05) is 7.11 Å². The Labute approximate surface area is 141 Å². The summed E-state index contributed by atoms with van der Waals surface area (Å²) < 4.78 is 20.8. The third kappa shape index (κ3) is 2.67. The van der Waals surface area contributed by atoms with Crippen LogP contribution in [0.5, 0.6) is 0 Å². The minimum absolute atomic E-state index is 0.0582. The molecule has 0 unspecified atom stereocenters. The van der Waals surface area contributed by atoms with Crippen LogP contribution < -0.4 is 5.56 Å². The van der Waals surface area contributed by atoms with E-state index in [1.807, 2.05) is 0 Å². The van der Waals surface area contributed by atoms with Crippen LogP contribution in [0.25, 0.3) is 16.8 Å². The molecular weight excluding hydrogens is 337 g/mol. The van der Waals surface area contributed by atoms with E-state index in [2.05, 4.69) is 9.72 Å². The Kier molecular flexibility index (Phi) is 4.11. The van der Waals surface area contributed by atoms with Gasteiger partial charge in [-0.05, 0) is 25.1 Å². The van der Waals surface area contributed by atoms with Crippen molar-refractivity contribution in [3.63, 3.8) is 0 Å². The lowest BCUT2D eigenvalue weighted by molar-refractivity contribution is -0.141. The number of methoxy groups -OCH3 is 1. The molecule has 1 aromatic carbocycles. The predicted molar refractivity (Wildman–Crippen MR) is 86.6 cm³/mol. The molecular formula is C16H13ClFN3O3. The van der Waals surface area contributed by atoms with Gasteiger partial charge in [-0.25, -0.2) is 9.37 Å². The average molecular weight is 350 g/mol. The largest absolute Gasteiger partial charge is 0.468 e. The van der Waals surface area contributed by atoms with Gasteiger partial charge in [-0.15, -0.1) is 0 Å². The number of ether oxygens (including phenoxy) is 1. The van der Waals surface area contributed by atoms with Gasteiger partial charge in [0.15, 0.2) is 0 Å². The standard InChI is InChI=1S/C16H13ClFN3O3/c1-9-19-14(10-3-4-12(18)11(17)7-10)15-16(23)20(5-6-21(9)15)8-13(22)24-2/h3-7H,8H2,1-2H3. The molecule has 6 nitrogen and oxygen atoms in total. The molecule has 2 aromatic heterocycles. The molecule has 0 amide bonds. The smallest absolute Gasteiger partial charge is 0.325 e. The average Bonchev–Trinajstić information content (AvgIpc) is 2.90. The minimum atomic E-state index is -0.552. The molecule has 3 rings (SSSR count). The van der Waals surface area contributed by atoms with Crippen LogP contribution in [0.15, 0.2) is 35.4 Å². The number of rotatable bonds is 3. The first-order chi connectivity index (χ1) is 11.4. The zero-order valence-electron chi connectivity index (χ0n) is 12.9. The maximum atomic E-state index is 13.4. The van der Waals surface area contributed by atoms with E-state index in [-0.39, 0.29) is 17.1 Å². The van der Waals surface area contributed by atoms with E-state index in [0.717, 1.165) is 0 Å². The highest BCUT2D eigenvalue weighted by molar-refractivity contribution is 6.31. The van der Waals surface area contributed by atoms with Crippen LogP contribution >= 0.6 is 11.6 Å². The molecule has 0 atom stereocenters. The molecule has 3 aromatic rings. The highest BCUT2D eigenvalue weighted by Gasteiger charge is 2.17.